The zero-order valence-electron chi connectivity index (χ0n) is 9.56. The summed E-state index contributed by atoms with van der Waals surface area (Å²) in [5, 5.41) is 8.84. The van der Waals surface area contributed by atoms with Crippen molar-refractivity contribution in [1.29, 1.82) is 5.26 Å². The summed E-state index contributed by atoms with van der Waals surface area (Å²) in [5.74, 6) is 1.18. The number of nitrogens with zero attached hydrogens (tertiary/aromatic N) is 1. The molecule has 0 spiro atoms. The van der Waals surface area contributed by atoms with E-state index in [9.17, 15) is 0 Å². The zero-order valence-corrected chi connectivity index (χ0v) is 9.56. The Morgan fingerprint density at radius 1 is 1.44 bits per heavy atom. The van der Waals surface area contributed by atoms with Crippen LogP contribution in [0.15, 0.2) is 18.2 Å². The highest BCUT2D eigenvalue weighted by Crippen LogP contribution is 2.29. The first kappa shape index (κ1) is 12.3. The summed E-state index contributed by atoms with van der Waals surface area (Å²) < 4.78 is 10.7. The molecule has 0 bridgehead atoms. The van der Waals surface area contributed by atoms with Crippen LogP contribution in [0.4, 0.5) is 0 Å². The van der Waals surface area contributed by atoms with Gasteiger partial charge in [0.25, 0.3) is 0 Å². The molecule has 0 fully saturated rings. The summed E-state index contributed by atoms with van der Waals surface area (Å²) in [6.07, 6.45) is 0.175. The maximum Gasteiger partial charge on any atom is 0.184 e. The molecule has 0 aliphatic rings. The first-order valence-corrected chi connectivity index (χ1v) is 5.18. The Balaban J connectivity index is 2.95. The molecule has 0 saturated heterocycles. The molecule has 0 aliphatic heterocycles. The van der Waals surface area contributed by atoms with Gasteiger partial charge in [0, 0.05) is 6.54 Å². The van der Waals surface area contributed by atoms with E-state index in [1.54, 1.807) is 19.2 Å². The second-order valence-electron chi connectivity index (χ2n) is 3.33. The quantitative estimate of drug-likeness (QED) is 0.822. The molecular formula is C12H16N2O2. The summed E-state index contributed by atoms with van der Waals surface area (Å²) in [5.41, 5.74) is 6.49. The molecule has 0 amide bonds. The number of methoxy groups -OCH3 is 1. The third-order valence-corrected chi connectivity index (χ3v) is 2.25. The van der Waals surface area contributed by atoms with Crippen molar-refractivity contribution in [3.63, 3.8) is 0 Å². The van der Waals surface area contributed by atoms with Gasteiger partial charge >= 0.3 is 0 Å². The van der Waals surface area contributed by atoms with E-state index in [2.05, 4.69) is 6.07 Å². The van der Waals surface area contributed by atoms with Gasteiger partial charge in [0.05, 0.1) is 7.11 Å². The molecule has 1 aromatic rings. The molecule has 0 heterocycles. The average molecular weight is 220 g/mol. The van der Waals surface area contributed by atoms with Crippen molar-refractivity contribution < 1.29 is 9.47 Å². The summed E-state index contributed by atoms with van der Waals surface area (Å²) in [4.78, 5) is 0. The maximum atomic E-state index is 8.84. The highest BCUT2D eigenvalue weighted by Gasteiger charge is 2.11. The Bertz CT molecular complexity index is 385. The minimum absolute atomic E-state index is 0.434. The maximum absolute atomic E-state index is 8.84. The van der Waals surface area contributed by atoms with Crippen molar-refractivity contribution in [2.24, 2.45) is 5.73 Å². The van der Waals surface area contributed by atoms with Crippen LogP contribution in [0.25, 0.3) is 0 Å². The molecule has 0 aliphatic carbocycles. The van der Waals surface area contributed by atoms with Crippen LogP contribution in [-0.4, -0.2) is 13.2 Å². The molecule has 0 radical (unpaired) electrons. The molecule has 0 saturated carbocycles. The predicted octanol–water partition coefficient (Wildman–Crippen LogP) is 1.83. The molecule has 0 unspecified atom stereocenters. The van der Waals surface area contributed by atoms with E-state index >= 15 is 0 Å². The monoisotopic (exact) mass is 220 g/mol. The Morgan fingerprint density at radius 2 is 2.19 bits per heavy atom. The van der Waals surface area contributed by atoms with E-state index in [1.807, 2.05) is 13.0 Å². The molecule has 1 atom stereocenters. The van der Waals surface area contributed by atoms with E-state index in [1.165, 1.54) is 0 Å². The van der Waals surface area contributed by atoms with E-state index in [0.29, 0.717) is 24.5 Å². The van der Waals surface area contributed by atoms with Crippen LogP contribution in [0.1, 0.15) is 18.9 Å². The van der Waals surface area contributed by atoms with Gasteiger partial charge in [0.1, 0.15) is 6.07 Å². The van der Waals surface area contributed by atoms with Gasteiger partial charge in [0.2, 0.25) is 0 Å². The van der Waals surface area contributed by atoms with Crippen LogP contribution in [0.5, 0.6) is 11.5 Å². The topological polar surface area (TPSA) is 68.3 Å². The summed E-state index contributed by atoms with van der Waals surface area (Å²) >= 11 is 0. The molecule has 4 nitrogen and oxygen atoms in total. The lowest BCUT2D eigenvalue weighted by atomic mass is 10.2. The Hall–Kier alpha value is -1.73. The number of benzene rings is 1. The molecule has 1 aromatic carbocycles. The van der Waals surface area contributed by atoms with Gasteiger partial charge in [-0.25, -0.2) is 0 Å². The highest BCUT2D eigenvalue weighted by molar-refractivity contribution is 5.43. The van der Waals surface area contributed by atoms with Gasteiger partial charge in [-0.15, -0.1) is 0 Å². The van der Waals surface area contributed by atoms with Gasteiger partial charge in [-0.1, -0.05) is 13.0 Å². The fraction of sp³-hybridized carbons (Fsp3) is 0.417. The third kappa shape index (κ3) is 2.88. The van der Waals surface area contributed by atoms with Crippen molar-refractivity contribution in [2.45, 2.75) is 26.0 Å². The van der Waals surface area contributed by atoms with Crippen LogP contribution >= 0.6 is 0 Å². The summed E-state index contributed by atoms with van der Waals surface area (Å²) in [6.45, 7) is 2.33. The number of ether oxygens (including phenoxy) is 2. The number of nitriles is 1. The van der Waals surface area contributed by atoms with E-state index in [-0.39, 0.29) is 0 Å². The minimum Gasteiger partial charge on any atom is -0.493 e. The largest absolute Gasteiger partial charge is 0.493 e. The number of rotatable bonds is 5. The predicted molar refractivity (Wildman–Crippen MR) is 61.2 cm³/mol. The lowest BCUT2D eigenvalue weighted by Gasteiger charge is -2.14. The van der Waals surface area contributed by atoms with E-state index in [4.69, 9.17) is 20.5 Å². The van der Waals surface area contributed by atoms with Crippen molar-refractivity contribution in [3.8, 4) is 17.6 Å². The van der Waals surface area contributed by atoms with Gasteiger partial charge in [-0.2, -0.15) is 5.26 Å². The standard InChI is InChI=1S/C12H16N2O2/c1-3-10(8-14)16-12-6-9(7-13)4-5-11(12)15-2/h4-6,10H,3,7,13H2,1-2H3/t10-/m1/s1. The Labute approximate surface area is 95.6 Å². The number of nitrogens with two attached hydrogens (primary N) is 1. The van der Waals surface area contributed by atoms with Gasteiger partial charge in [-0.3, -0.25) is 0 Å². The van der Waals surface area contributed by atoms with Crippen molar-refractivity contribution in [2.75, 3.05) is 7.11 Å². The van der Waals surface area contributed by atoms with Crippen LogP contribution in [0, 0.1) is 11.3 Å². The fourth-order valence-corrected chi connectivity index (χ4v) is 1.29. The fourth-order valence-electron chi connectivity index (χ4n) is 1.29. The summed E-state index contributed by atoms with van der Waals surface area (Å²) in [7, 11) is 1.57. The molecule has 1 rings (SSSR count). The number of hydrogen-bond acceptors (Lipinski definition) is 4. The Morgan fingerprint density at radius 3 is 2.69 bits per heavy atom. The van der Waals surface area contributed by atoms with E-state index in [0.717, 1.165) is 5.56 Å². The van der Waals surface area contributed by atoms with Crippen molar-refractivity contribution in [3.05, 3.63) is 23.8 Å². The first-order valence-electron chi connectivity index (χ1n) is 5.18. The van der Waals surface area contributed by atoms with Gasteiger partial charge < -0.3 is 15.2 Å². The lowest BCUT2D eigenvalue weighted by Crippen LogP contribution is -2.13. The molecule has 16 heavy (non-hydrogen) atoms. The third-order valence-electron chi connectivity index (χ3n) is 2.25. The second-order valence-corrected chi connectivity index (χ2v) is 3.33. The van der Waals surface area contributed by atoms with E-state index < -0.39 is 6.10 Å². The normalized spacial score (nSPS) is 11.6. The lowest BCUT2D eigenvalue weighted by molar-refractivity contribution is 0.238. The molecular weight excluding hydrogens is 204 g/mol. The van der Waals surface area contributed by atoms with Crippen LogP contribution in [0.3, 0.4) is 0 Å². The van der Waals surface area contributed by atoms with Crippen molar-refractivity contribution >= 4 is 0 Å². The molecule has 4 heteroatoms. The molecule has 2 N–H and O–H groups in total. The number of hydrogen-bond donors (Lipinski definition) is 1. The highest BCUT2D eigenvalue weighted by atomic mass is 16.5. The van der Waals surface area contributed by atoms with Crippen LogP contribution in [-0.2, 0) is 6.54 Å². The first-order chi connectivity index (χ1) is 7.74. The molecule has 0 aromatic heterocycles. The zero-order chi connectivity index (χ0) is 12.0. The van der Waals surface area contributed by atoms with Gasteiger partial charge in [-0.05, 0) is 24.1 Å². The van der Waals surface area contributed by atoms with Crippen LogP contribution in [0.2, 0.25) is 0 Å². The van der Waals surface area contributed by atoms with Gasteiger partial charge in [0.15, 0.2) is 17.6 Å². The molecule has 86 valence electrons. The SMILES string of the molecule is CC[C@H](C#N)Oc1cc(CN)ccc1OC. The summed E-state index contributed by atoms with van der Waals surface area (Å²) in [6, 6.07) is 7.55. The van der Waals surface area contributed by atoms with Crippen molar-refractivity contribution in [1.82, 2.24) is 0 Å². The average Bonchev–Trinajstić information content (AvgIpc) is 2.35. The minimum atomic E-state index is -0.457. The van der Waals surface area contributed by atoms with Crippen LogP contribution < -0.4 is 15.2 Å². The Kier molecular flexibility index (Phi) is 4.62. The smallest absolute Gasteiger partial charge is 0.184 e. The second kappa shape index (κ2) is 5.99.